The van der Waals surface area contributed by atoms with Crippen LogP contribution in [0.5, 0.6) is 0 Å². The molecule has 0 atom stereocenters. The van der Waals surface area contributed by atoms with Crippen molar-refractivity contribution in [2.75, 3.05) is 4.90 Å². The number of furan rings is 1. The molecule has 0 aromatic carbocycles. The van der Waals surface area contributed by atoms with Crippen LogP contribution in [-0.2, 0) is 11.3 Å². The van der Waals surface area contributed by atoms with Crippen LogP contribution in [0.25, 0.3) is 15.8 Å². The number of pyridine rings is 1. The van der Waals surface area contributed by atoms with E-state index in [4.69, 9.17) is 20.8 Å². The first-order chi connectivity index (χ1) is 13.1. The summed E-state index contributed by atoms with van der Waals surface area (Å²) in [6, 6.07) is 5.29. The Labute approximate surface area is 173 Å². The Kier molecular flexibility index (Phi) is 5.55. The SMILES string of the molecule is C=C(C)c1sc2c(N(Cc3ccco3)C(=O)OC(C)(C)C)cc(Cl)nc2c1C. The molecule has 3 rings (SSSR count). The molecule has 3 aromatic heterocycles. The lowest BCUT2D eigenvalue weighted by molar-refractivity contribution is 0.0575. The van der Waals surface area contributed by atoms with E-state index < -0.39 is 11.7 Å². The predicted octanol–water partition coefficient (Wildman–Crippen LogP) is 6.83. The van der Waals surface area contributed by atoms with Crippen LogP contribution in [0.1, 0.15) is 43.9 Å². The lowest BCUT2D eigenvalue weighted by Crippen LogP contribution is -2.36. The lowest BCUT2D eigenvalue weighted by Gasteiger charge is -2.27. The third-order valence-corrected chi connectivity index (χ3v) is 5.67. The third kappa shape index (κ3) is 4.23. The van der Waals surface area contributed by atoms with Crippen LogP contribution in [0.15, 0.2) is 35.5 Å². The number of rotatable bonds is 4. The summed E-state index contributed by atoms with van der Waals surface area (Å²) < 4.78 is 12.0. The van der Waals surface area contributed by atoms with Gasteiger partial charge in [0.05, 0.1) is 28.7 Å². The first-order valence-corrected chi connectivity index (χ1v) is 10.0. The number of amides is 1. The highest BCUT2D eigenvalue weighted by Crippen LogP contribution is 2.41. The normalized spacial score (nSPS) is 11.6. The summed E-state index contributed by atoms with van der Waals surface area (Å²) in [6.45, 7) is 13.7. The van der Waals surface area contributed by atoms with Gasteiger partial charge in [-0.15, -0.1) is 11.3 Å². The summed E-state index contributed by atoms with van der Waals surface area (Å²) in [5.74, 6) is 0.639. The van der Waals surface area contributed by atoms with Gasteiger partial charge < -0.3 is 9.15 Å². The number of nitrogens with zero attached hydrogens (tertiary/aromatic N) is 2. The molecular formula is C21H23ClN2O3S. The van der Waals surface area contributed by atoms with Crippen LogP contribution in [-0.4, -0.2) is 16.7 Å². The van der Waals surface area contributed by atoms with Crippen molar-refractivity contribution >= 4 is 50.5 Å². The Morgan fingerprint density at radius 2 is 2.14 bits per heavy atom. The highest BCUT2D eigenvalue weighted by molar-refractivity contribution is 7.20. The van der Waals surface area contributed by atoms with Crippen molar-refractivity contribution in [3.63, 3.8) is 0 Å². The van der Waals surface area contributed by atoms with Crippen molar-refractivity contribution in [3.05, 3.63) is 52.4 Å². The highest BCUT2D eigenvalue weighted by Gasteiger charge is 2.28. The van der Waals surface area contributed by atoms with Crippen molar-refractivity contribution in [1.29, 1.82) is 0 Å². The Hall–Kier alpha value is -2.31. The quantitative estimate of drug-likeness (QED) is 0.436. The van der Waals surface area contributed by atoms with Crippen LogP contribution in [0.4, 0.5) is 10.5 Å². The van der Waals surface area contributed by atoms with E-state index in [2.05, 4.69) is 11.6 Å². The number of anilines is 1. The summed E-state index contributed by atoms with van der Waals surface area (Å²) in [5, 5.41) is 0.310. The van der Waals surface area contributed by atoms with Gasteiger partial charge in [0.25, 0.3) is 0 Å². The van der Waals surface area contributed by atoms with E-state index in [-0.39, 0.29) is 6.54 Å². The summed E-state index contributed by atoms with van der Waals surface area (Å²) in [4.78, 5) is 20.1. The summed E-state index contributed by atoms with van der Waals surface area (Å²) in [7, 11) is 0. The minimum atomic E-state index is -0.636. The zero-order valence-corrected chi connectivity index (χ0v) is 18.2. The molecule has 0 saturated heterocycles. The van der Waals surface area contributed by atoms with Gasteiger partial charge in [-0.1, -0.05) is 18.2 Å². The van der Waals surface area contributed by atoms with Crippen LogP contribution in [0, 0.1) is 6.92 Å². The molecule has 0 unspecified atom stereocenters. The molecule has 0 fully saturated rings. The van der Waals surface area contributed by atoms with E-state index >= 15 is 0 Å². The second-order valence-electron chi connectivity index (χ2n) is 7.62. The molecule has 0 spiro atoms. The highest BCUT2D eigenvalue weighted by atomic mass is 35.5. The van der Waals surface area contributed by atoms with E-state index in [9.17, 15) is 4.79 Å². The van der Waals surface area contributed by atoms with Gasteiger partial charge in [-0.2, -0.15) is 0 Å². The second kappa shape index (κ2) is 7.60. The van der Waals surface area contributed by atoms with Gasteiger partial charge in [0.15, 0.2) is 0 Å². The van der Waals surface area contributed by atoms with Crippen LogP contribution in [0.2, 0.25) is 5.15 Å². The monoisotopic (exact) mass is 418 g/mol. The van der Waals surface area contributed by atoms with Crippen molar-refractivity contribution < 1.29 is 13.9 Å². The molecule has 28 heavy (non-hydrogen) atoms. The number of aryl methyl sites for hydroxylation is 1. The van der Waals surface area contributed by atoms with Gasteiger partial charge in [-0.25, -0.2) is 9.78 Å². The molecule has 7 heteroatoms. The summed E-state index contributed by atoms with van der Waals surface area (Å²) in [5.41, 5.74) is 2.71. The maximum Gasteiger partial charge on any atom is 0.415 e. The molecule has 3 aromatic rings. The van der Waals surface area contributed by atoms with Crippen molar-refractivity contribution in [3.8, 4) is 0 Å². The zero-order chi connectivity index (χ0) is 20.6. The number of hydrogen-bond acceptors (Lipinski definition) is 5. The van der Waals surface area contributed by atoms with E-state index in [0.29, 0.717) is 16.6 Å². The molecule has 148 valence electrons. The molecule has 0 aliphatic carbocycles. The zero-order valence-electron chi connectivity index (χ0n) is 16.6. The standard InChI is InChI=1S/C21H23ClN2O3S/c1-12(2)18-13(3)17-19(28-18)15(10-16(22)23-17)24(11-14-8-7-9-26-14)20(25)27-21(4,5)6/h7-10H,1,11H2,2-6H3. The summed E-state index contributed by atoms with van der Waals surface area (Å²) in [6.07, 6.45) is 1.10. The topological polar surface area (TPSA) is 55.6 Å². The number of aromatic nitrogens is 1. The van der Waals surface area contributed by atoms with Gasteiger partial charge >= 0.3 is 6.09 Å². The van der Waals surface area contributed by atoms with E-state index in [1.807, 2.05) is 40.7 Å². The molecule has 3 heterocycles. The first kappa shape index (κ1) is 20.4. The fraction of sp³-hybridized carbons (Fsp3) is 0.333. The summed E-state index contributed by atoms with van der Waals surface area (Å²) >= 11 is 7.86. The molecule has 5 nitrogen and oxygen atoms in total. The molecule has 0 aliphatic rings. The van der Waals surface area contributed by atoms with Gasteiger partial charge in [-0.05, 0) is 57.9 Å². The number of hydrogen-bond donors (Lipinski definition) is 0. The number of thiophene rings is 1. The Morgan fingerprint density at radius 3 is 2.71 bits per heavy atom. The van der Waals surface area contributed by atoms with Crippen molar-refractivity contribution in [2.24, 2.45) is 0 Å². The van der Waals surface area contributed by atoms with Gasteiger partial charge in [0.1, 0.15) is 16.5 Å². The van der Waals surface area contributed by atoms with E-state index in [0.717, 1.165) is 26.2 Å². The number of carbonyl (C=O) groups excluding carboxylic acids is 1. The molecule has 0 N–H and O–H groups in total. The fourth-order valence-corrected chi connectivity index (χ4v) is 4.25. The maximum atomic E-state index is 13.1. The lowest BCUT2D eigenvalue weighted by atomic mass is 10.1. The fourth-order valence-electron chi connectivity index (χ4n) is 2.86. The first-order valence-electron chi connectivity index (χ1n) is 8.85. The molecule has 0 aliphatic heterocycles. The van der Waals surface area contributed by atoms with Crippen LogP contribution >= 0.6 is 22.9 Å². The molecule has 0 radical (unpaired) electrons. The minimum Gasteiger partial charge on any atom is -0.467 e. The maximum absolute atomic E-state index is 13.1. The van der Waals surface area contributed by atoms with Gasteiger partial charge in [0.2, 0.25) is 0 Å². The number of halogens is 1. The Morgan fingerprint density at radius 1 is 1.43 bits per heavy atom. The average molecular weight is 419 g/mol. The predicted molar refractivity (Wildman–Crippen MR) is 115 cm³/mol. The number of carbonyl (C=O) groups is 1. The number of fused-ring (bicyclic) bond motifs is 1. The largest absolute Gasteiger partial charge is 0.467 e. The van der Waals surface area contributed by atoms with Gasteiger partial charge in [-0.3, -0.25) is 4.90 Å². The minimum absolute atomic E-state index is 0.219. The molecule has 0 bridgehead atoms. The van der Waals surface area contributed by atoms with E-state index in [1.165, 1.54) is 4.90 Å². The Bertz CT molecular complexity index is 1030. The van der Waals surface area contributed by atoms with Crippen LogP contribution in [0.3, 0.4) is 0 Å². The van der Waals surface area contributed by atoms with Crippen molar-refractivity contribution in [1.82, 2.24) is 4.98 Å². The third-order valence-electron chi connectivity index (χ3n) is 4.01. The van der Waals surface area contributed by atoms with Crippen molar-refractivity contribution in [2.45, 2.75) is 46.8 Å². The average Bonchev–Trinajstić information content (AvgIpc) is 3.19. The van der Waals surface area contributed by atoms with Crippen LogP contribution < -0.4 is 4.90 Å². The number of allylic oxidation sites excluding steroid dienone is 1. The Balaban J connectivity index is 2.18. The smallest absolute Gasteiger partial charge is 0.415 e. The molecule has 1 amide bonds. The molecular weight excluding hydrogens is 396 g/mol. The van der Waals surface area contributed by atoms with Gasteiger partial charge in [0, 0.05) is 10.9 Å². The number of ether oxygens (including phenoxy) is 1. The second-order valence-corrected chi connectivity index (χ2v) is 9.03. The molecule has 0 saturated carbocycles. The van der Waals surface area contributed by atoms with E-state index in [1.54, 1.807) is 29.7 Å².